The zero-order chi connectivity index (χ0) is 27.2. The summed E-state index contributed by atoms with van der Waals surface area (Å²) in [5.41, 5.74) is -0.608. The maximum Gasteiger partial charge on any atom is 0.418 e. The van der Waals surface area contributed by atoms with Crippen LogP contribution in [0.25, 0.3) is 16.4 Å². The van der Waals surface area contributed by atoms with Gasteiger partial charge in [0.2, 0.25) is 0 Å². The lowest BCUT2D eigenvalue weighted by molar-refractivity contribution is -0.216. The predicted octanol–water partition coefficient (Wildman–Crippen LogP) is 3.62. The number of aromatic nitrogens is 6. The normalized spacial score (nSPS) is 24.2. The third kappa shape index (κ3) is 4.83. The van der Waals surface area contributed by atoms with Gasteiger partial charge in [-0.25, -0.2) is 14.3 Å². The first-order valence-corrected chi connectivity index (χ1v) is 12.5. The summed E-state index contributed by atoms with van der Waals surface area (Å²) in [5.74, 6) is 0. The molecule has 10 nitrogen and oxygen atoms in total. The Bertz CT molecular complexity index is 1430. The molecule has 0 radical (unpaired) electrons. The highest BCUT2D eigenvalue weighted by molar-refractivity contribution is 7.14. The number of benzene rings is 1. The van der Waals surface area contributed by atoms with Gasteiger partial charge in [-0.15, -0.1) is 16.4 Å². The molecule has 38 heavy (non-hydrogen) atoms. The second-order valence-corrected chi connectivity index (χ2v) is 10.3. The summed E-state index contributed by atoms with van der Waals surface area (Å²) < 4.78 is 55.7. The molecule has 0 spiro atoms. The highest BCUT2D eigenvalue weighted by atomic mass is 35.5. The monoisotopic (exact) mass is 570 g/mol. The Morgan fingerprint density at radius 3 is 2.71 bits per heavy atom. The summed E-state index contributed by atoms with van der Waals surface area (Å²) in [7, 11) is 1.38. The first-order chi connectivity index (χ1) is 18.1. The molecule has 1 aliphatic rings. The quantitative estimate of drug-likeness (QED) is 0.361. The van der Waals surface area contributed by atoms with Crippen LogP contribution in [0.1, 0.15) is 28.3 Å². The first kappa shape index (κ1) is 26.7. The highest BCUT2D eigenvalue weighted by Gasteiger charge is 2.49. The van der Waals surface area contributed by atoms with Crippen molar-refractivity contribution in [1.29, 1.82) is 0 Å². The molecule has 3 aromatic heterocycles. The molecule has 1 aromatic carbocycles. The fourth-order valence-electron chi connectivity index (χ4n) is 4.54. The van der Waals surface area contributed by atoms with Gasteiger partial charge in [-0.3, -0.25) is 0 Å². The second-order valence-electron chi connectivity index (χ2n) is 8.65. The molecule has 5 atom stereocenters. The largest absolute Gasteiger partial charge is 0.418 e. The fraction of sp³-hybridized carbons (Fsp3) is 0.391. The number of halogens is 4. The van der Waals surface area contributed by atoms with E-state index < -0.39 is 48.8 Å². The molecule has 0 amide bonds. The van der Waals surface area contributed by atoms with Crippen molar-refractivity contribution >= 4 is 22.9 Å². The molecule has 0 aliphatic carbocycles. The Labute approximate surface area is 223 Å². The summed E-state index contributed by atoms with van der Waals surface area (Å²) in [6, 6.07) is 3.72. The molecule has 2 N–H and O–H groups in total. The van der Waals surface area contributed by atoms with E-state index >= 15 is 0 Å². The molecular formula is C23H22ClF3N6O4S. The molecule has 0 bridgehead atoms. The minimum absolute atomic E-state index is 0.0800. The summed E-state index contributed by atoms with van der Waals surface area (Å²) in [6.45, 7) is 1.33. The SMILES string of the molecule is COC1[C@@H](n2cc(-c3ncc(C)s3)nn2)[C@@H](O)C(CO)O[C@H]1c1ccnn1-c1cc(Cl)ccc1C(F)(F)F. The third-order valence-electron chi connectivity index (χ3n) is 6.25. The zero-order valence-corrected chi connectivity index (χ0v) is 21.5. The van der Waals surface area contributed by atoms with Crippen LogP contribution in [0.2, 0.25) is 5.02 Å². The summed E-state index contributed by atoms with van der Waals surface area (Å²) in [5, 5.41) is 34.2. The smallest absolute Gasteiger partial charge is 0.394 e. The number of hydrogen-bond acceptors (Lipinski definition) is 9. The summed E-state index contributed by atoms with van der Waals surface area (Å²) >= 11 is 7.46. The first-order valence-electron chi connectivity index (χ1n) is 11.3. The van der Waals surface area contributed by atoms with Gasteiger partial charge in [0.15, 0.2) is 0 Å². The lowest BCUT2D eigenvalue weighted by Gasteiger charge is -2.43. The number of ether oxygens (including phenoxy) is 2. The minimum Gasteiger partial charge on any atom is -0.394 e. The van der Waals surface area contributed by atoms with Crippen LogP contribution in [-0.4, -0.2) is 72.0 Å². The fourth-order valence-corrected chi connectivity index (χ4v) is 5.42. The van der Waals surface area contributed by atoms with Crippen molar-refractivity contribution in [3.63, 3.8) is 0 Å². The third-order valence-corrected chi connectivity index (χ3v) is 7.42. The van der Waals surface area contributed by atoms with E-state index in [-0.39, 0.29) is 16.4 Å². The number of methoxy groups -OCH3 is 1. The van der Waals surface area contributed by atoms with Gasteiger partial charge in [-0.2, -0.15) is 18.3 Å². The molecule has 4 heterocycles. The molecule has 4 aromatic rings. The molecule has 1 fully saturated rings. The molecule has 2 unspecified atom stereocenters. The number of rotatable bonds is 6. The van der Waals surface area contributed by atoms with Crippen molar-refractivity contribution in [2.24, 2.45) is 0 Å². The van der Waals surface area contributed by atoms with Crippen LogP contribution in [0.3, 0.4) is 0 Å². The van der Waals surface area contributed by atoms with Crippen molar-refractivity contribution < 1.29 is 32.9 Å². The van der Waals surface area contributed by atoms with Crippen molar-refractivity contribution in [3.05, 3.63) is 64.0 Å². The van der Waals surface area contributed by atoms with E-state index in [1.165, 1.54) is 35.4 Å². The molecule has 1 saturated heterocycles. The second kappa shape index (κ2) is 10.4. The van der Waals surface area contributed by atoms with Gasteiger partial charge in [-0.05, 0) is 31.2 Å². The highest BCUT2D eigenvalue weighted by Crippen LogP contribution is 2.42. The number of aliphatic hydroxyl groups is 2. The van der Waals surface area contributed by atoms with E-state index in [4.69, 9.17) is 21.1 Å². The standard InChI is InChI=1S/C23H22ClF3N6O4S/c1-11-8-28-22(38-11)14-9-32(31-30-14)18-19(35)17(10-34)37-20(21(18)36-2)15-5-6-29-33(15)16-7-12(24)3-4-13(16)23(25,26)27/h3-9,17-21,34-35H,10H2,1-2H3/t17?,18-,19-,20-,21?/m0/s1. The van der Waals surface area contributed by atoms with Crippen LogP contribution in [0.15, 0.2) is 42.9 Å². The zero-order valence-electron chi connectivity index (χ0n) is 19.9. The van der Waals surface area contributed by atoms with Gasteiger partial charge in [0, 0.05) is 29.4 Å². The number of aliphatic hydroxyl groups excluding tert-OH is 2. The molecular weight excluding hydrogens is 549 g/mol. The van der Waals surface area contributed by atoms with E-state index in [1.54, 1.807) is 12.4 Å². The van der Waals surface area contributed by atoms with Crippen LogP contribution < -0.4 is 0 Å². The maximum absolute atomic E-state index is 13.9. The van der Waals surface area contributed by atoms with E-state index in [1.807, 2.05) is 6.92 Å². The Morgan fingerprint density at radius 2 is 2.05 bits per heavy atom. The van der Waals surface area contributed by atoms with Crippen LogP contribution in [0, 0.1) is 6.92 Å². The van der Waals surface area contributed by atoms with Crippen LogP contribution in [0.5, 0.6) is 0 Å². The topological polar surface area (TPSA) is 120 Å². The summed E-state index contributed by atoms with van der Waals surface area (Å²) in [6.07, 6.45) is -4.52. The van der Waals surface area contributed by atoms with Gasteiger partial charge < -0.3 is 19.7 Å². The lowest BCUT2D eigenvalue weighted by atomic mass is 9.90. The maximum atomic E-state index is 13.9. The van der Waals surface area contributed by atoms with Crippen molar-refractivity contribution in [2.45, 2.75) is 43.6 Å². The average molecular weight is 571 g/mol. The number of alkyl halides is 3. The van der Waals surface area contributed by atoms with Crippen molar-refractivity contribution in [2.75, 3.05) is 13.7 Å². The number of hydrogen-bond donors (Lipinski definition) is 2. The van der Waals surface area contributed by atoms with E-state index in [0.717, 1.165) is 27.8 Å². The van der Waals surface area contributed by atoms with E-state index in [0.29, 0.717) is 10.7 Å². The average Bonchev–Trinajstić information content (AvgIpc) is 3.63. The Kier molecular flexibility index (Phi) is 7.28. The molecule has 202 valence electrons. The minimum atomic E-state index is -4.69. The molecule has 0 saturated carbocycles. The lowest BCUT2D eigenvalue weighted by Crippen LogP contribution is -2.53. The van der Waals surface area contributed by atoms with Gasteiger partial charge in [0.25, 0.3) is 0 Å². The Balaban J connectivity index is 1.58. The summed E-state index contributed by atoms with van der Waals surface area (Å²) in [4.78, 5) is 5.27. The molecule has 15 heteroatoms. The number of nitrogens with zero attached hydrogens (tertiary/aromatic N) is 6. The number of aryl methyl sites for hydroxylation is 1. The predicted molar refractivity (Wildman–Crippen MR) is 130 cm³/mol. The molecule has 5 rings (SSSR count). The van der Waals surface area contributed by atoms with Crippen molar-refractivity contribution in [3.8, 4) is 16.4 Å². The van der Waals surface area contributed by atoms with Gasteiger partial charge >= 0.3 is 6.18 Å². The van der Waals surface area contributed by atoms with E-state index in [9.17, 15) is 23.4 Å². The van der Waals surface area contributed by atoms with Gasteiger partial charge in [0.1, 0.15) is 41.2 Å². The molecule has 1 aliphatic heterocycles. The van der Waals surface area contributed by atoms with Crippen LogP contribution >= 0.6 is 22.9 Å². The van der Waals surface area contributed by atoms with Gasteiger partial charge in [-0.1, -0.05) is 16.8 Å². The number of thiazole rings is 1. The Morgan fingerprint density at radius 1 is 1.26 bits per heavy atom. The van der Waals surface area contributed by atoms with Gasteiger partial charge in [0.05, 0.1) is 29.7 Å². The Hall–Kier alpha value is -2.88. The van der Waals surface area contributed by atoms with E-state index in [2.05, 4.69) is 20.4 Å². The van der Waals surface area contributed by atoms with Crippen LogP contribution in [-0.2, 0) is 15.7 Å². The van der Waals surface area contributed by atoms with Crippen LogP contribution in [0.4, 0.5) is 13.2 Å². The van der Waals surface area contributed by atoms with Crippen molar-refractivity contribution in [1.82, 2.24) is 29.8 Å².